The van der Waals surface area contributed by atoms with Crippen molar-refractivity contribution in [2.24, 2.45) is 11.7 Å². The number of hydrogen-bond donors (Lipinski definition) is 1. The molecule has 2 N–H and O–H groups in total. The summed E-state index contributed by atoms with van der Waals surface area (Å²) in [6.07, 6.45) is 5.36. The number of hydrogen-bond acceptors (Lipinski definition) is 3. The molecule has 2 aliphatic heterocycles. The Morgan fingerprint density at radius 3 is 2.69 bits per heavy atom. The molecule has 0 spiro atoms. The fraction of sp³-hybridized carbons (Fsp3) is 1.00. The van der Waals surface area contributed by atoms with Crippen LogP contribution in [0.1, 0.15) is 32.6 Å². The number of nitrogens with zero attached hydrogens (tertiary/aromatic N) is 2. The van der Waals surface area contributed by atoms with Gasteiger partial charge in [-0.15, -0.1) is 0 Å². The summed E-state index contributed by atoms with van der Waals surface area (Å²) >= 11 is 0. The lowest BCUT2D eigenvalue weighted by atomic mass is 9.93. The summed E-state index contributed by atoms with van der Waals surface area (Å²) in [5.74, 6) is 0.669. The van der Waals surface area contributed by atoms with Gasteiger partial charge in [-0.3, -0.25) is 0 Å². The van der Waals surface area contributed by atoms with E-state index in [0.29, 0.717) is 12.0 Å². The first-order valence-corrected chi connectivity index (χ1v) is 6.85. The SMILES string of the molecule is CC1CN(CC2CCCCN2C)CCC1N. The molecule has 0 saturated carbocycles. The second kappa shape index (κ2) is 5.48. The molecule has 0 aromatic rings. The largest absolute Gasteiger partial charge is 0.327 e. The summed E-state index contributed by atoms with van der Waals surface area (Å²) in [6, 6.07) is 1.22. The third-order valence-electron chi connectivity index (χ3n) is 4.45. The van der Waals surface area contributed by atoms with E-state index >= 15 is 0 Å². The van der Waals surface area contributed by atoms with Gasteiger partial charge in [-0.1, -0.05) is 13.3 Å². The summed E-state index contributed by atoms with van der Waals surface area (Å²) in [5, 5.41) is 0. The van der Waals surface area contributed by atoms with Crippen molar-refractivity contribution >= 4 is 0 Å². The maximum absolute atomic E-state index is 6.06. The van der Waals surface area contributed by atoms with E-state index in [2.05, 4.69) is 23.8 Å². The topological polar surface area (TPSA) is 32.5 Å². The van der Waals surface area contributed by atoms with Crippen molar-refractivity contribution in [2.75, 3.05) is 33.2 Å². The Labute approximate surface area is 100.0 Å². The molecule has 16 heavy (non-hydrogen) atoms. The standard InChI is InChI=1S/C13H27N3/c1-11-9-16(8-6-13(11)14)10-12-5-3-4-7-15(12)2/h11-13H,3-10,14H2,1-2H3. The van der Waals surface area contributed by atoms with Gasteiger partial charge >= 0.3 is 0 Å². The van der Waals surface area contributed by atoms with E-state index in [1.165, 1.54) is 51.9 Å². The molecule has 0 amide bonds. The molecule has 0 bridgehead atoms. The smallest absolute Gasteiger partial charge is 0.0220 e. The van der Waals surface area contributed by atoms with Crippen molar-refractivity contribution in [1.29, 1.82) is 0 Å². The van der Waals surface area contributed by atoms with Gasteiger partial charge in [0, 0.05) is 25.2 Å². The lowest BCUT2D eigenvalue weighted by Crippen LogP contribution is -2.51. The summed E-state index contributed by atoms with van der Waals surface area (Å²) in [6.45, 7) is 7.24. The molecule has 0 aliphatic carbocycles. The van der Waals surface area contributed by atoms with Crippen molar-refractivity contribution in [2.45, 2.75) is 44.7 Å². The first-order chi connectivity index (χ1) is 7.66. The molecular formula is C13H27N3. The lowest BCUT2D eigenvalue weighted by molar-refractivity contribution is 0.0950. The van der Waals surface area contributed by atoms with Gasteiger partial charge in [-0.25, -0.2) is 0 Å². The maximum atomic E-state index is 6.06. The van der Waals surface area contributed by atoms with Crippen molar-refractivity contribution in [3.8, 4) is 0 Å². The molecule has 3 unspecified atom stereocenters. The Kier molecular flexibility index (Phi) is 4.22. The molecule has 2 aliphatic rings. The number of piperidine rings is 2. The van der Waals surface area contributed by atoms with Gasteiger partial charge in [0.25, 0.3) is 0 Å². The molecule has 0 aromatic heterocycles. The molecule has 0 radical (unpaired) electrons. The number of nitrogens with two attached hydrogens (primary N) is 1. The quantitative estimate of drug-likeness (QED) is 0.765. The lowest BCUT2D eigenvalue weighted by Gasteiger charge is -2.40. The van der Waals surface area contributed by atoms with E-state index in [1.54, 1.807) is 0 Å². The molecule has 2 fully saturated rings. The van der Waals surface area contributed by atoms with Crippen LogP contribution < -0.4 is 5.73 Å². The fourth-order valence-electron chi connectivity index (χ4n) is 3.09. The zero-order valence-corrected chi connectivity index (χ0v) is 10.9. The average molecular weight is 225 g/mol. The van der Waals surface area contributed by atoms with Crippen molar-refractivity contribution < 1.29 is 0 Å². The van der Waals surface area contributed by atoms with Crippen LogP contribution in [0, 0.1) is 5.92 Å². The van der Waals surface area contributed by atoms with Gasteiger partial charge in [-0.05, 0) is 45.3 Å². The zero-order valence-electron chi connectivity index (χ0n) is 10.9. The highest BCUT2D eigenvalue weighted by Gasteiger charge is 2.27. The van der Waals surface area contributed by atoms with Crippen LogP contribution in [0.3, 0.4) is 0 Å². The van der Waals surface area contributed by atoms with Crippen LogP contribution in [0.2, 0.25) is 0 Å². The Hall–Kier alpha value is -0.120. The van der Waals surface area contributed by atoms with Crippen molar-refractivity contribution in [3.05, 3.63) is 0 Å². The van der Waals surface area contributed by atoms with Crippen LogP contribution in [0.4, 0.5) is 0 Å². The molecule has 94 valence electrons. The second-order valence-corrected chi connectivity index (χ2v) is 5.82. The van der Waals surface area contributed by atoms with E-state index in [9.17, 15) is 0 Å². The van der Waals surface area contributed by atoms with Crippen LogP contribution in [-0.4, -0.2) is 55.1 Å². The average Bonchev–Trinajstić information content (AvgIpc) is 2.27. The van der Waals surface area contributed by atoms with Gasteiger partial charge in [0.1, 0.15) is 0 Å². The highest BCUT2D eigenvalue weighted by molar-refractivity contribution is 4.84. The van der Waals surface area contributed by atoms with Crippen LogP contribution in [0.25, 0.3) is 0 Å². The van der Waals surface area contributed by atoms with Crippen LogP contribution in [0.15, 0.2) is 0 Å². The Bertz CT molecular complexity index is 219. The molecule has 3 heteroatoms. The summed E-state index contributed by atoms with van der Waals surface area (Å²) < 4.78 is 0. The predicted octanol–water partition coefficient (Wildman–Crippen LogP) is 1.14. The minimum atomic E-state index is 0.431. The van der Waals surface area contributed by atoms with Gasteiger partial charge in [0.05, 0.1) is 0 Å². The van der Waals surface area contributed by atoms with Crippen LogP contribution in [-0.2, 0) is 0 Å². The van der Waals surface area contributed by atoms with E-state index < -0.39 is 0 Å². The van der Waals surface area contributed by atoms with E-state index in [0.717, 1.165) is 6.04 Å². The summed E-state index contributed by atoms with van der Waals surface area (Å²) in [5.41, 5.74) is 6.06. The van der Waals surface area contributed by atoms with Crippen molar-refractivity contribution in [1.82, 2.24) is 9.80 Å². The van der Waals surface area contributed by atoms with Gasteiger partial charge in [-0.2, -0.15) is 0 Å². The molecule has 0 aromatic carbocycles. The van der Waals surface area contributed by atoms with Crippen LogP contribution >= 0.6 is 0 Å². The number of rotatable bonds is 2. The van der Waals surface area contributed by atoms with Crippen LogP contribution in [0.5, 0.6) is 0 Å². The van der Waals surface area contributed by atoms with E-state index in [1.807, 2.05) is 0 Å². The number of likely N-dealkylation sites (tertiary alicyclic amines) is 2. The first-order valence-electron chi connectivity index (χ1n) is 6.85. The van der Waals surface area contributed by atoms with E-state index in [-0.39, 0.29) is 0 Å². The van der Waals surface area contributed by atoms with Gasteiger partial charge in [0.15, 0.2) is 0 Å². The minimum Gasteiger partial charge on any atom is -0.327 e. The van der Waals surface area contributed by atoms with E-state index in [4.69, 9.17) is 5.73 Å². The zero-order chi connectivity index (χ0) is 11.5. The Morgan fingerprint density at radius 2 is 2.00 bits per heavy atom. The second-order valence-electron chi connectivity index (χ2n) is 5.82. The Balaban J connectivity index is 1.80. The fourth-order valence-corrected chi connectivity index (χ4v) is 3.09. The molecule has 3 atom stereocenters. The third kappa shape index (κ3) is 2.96. The molecule has 2 rings (SSSR count). The summed E-state index contributed by atoms with van der Waals surface area (Å²) in [7, 11) is 2.28. The molecular weight excluding hydrogens is 198 g/mol. The third-order valence-corrected chi connectivity index (χ3v) is 4.45. The molecule has 2 heterocycles. The highest BCUT2D eigenvalue weighted by Crippen LogP contribution is 2.20. The first kappa shape index (κ1) is 12.3. The highest BCUT2D eigenvalue weighted by atomic mass is 15.2. The normalized spacial score (nSPS) is 38.8. The van der Waals surface area contributed by atoms with Crippen molar-refractivity contribution in [3.63, 3.8) is 0 Å². The minimum absolute atomic E-state index is 0.431. The molecule has 2 saturated heterocycles. The maximum Gasteiger partial charge on any atom is 0.0220 e. The Morgan fingerprint density at radius 1 is 1.19 bits per heavy atom. The van der Waals surface area contributed by atoms with Gasteiger partial charge in [0.2, 0.25) is 0 Å². The monoisotopic (exact) mass is 225 g/mol. The van der Waals surface area contributed by atoms with Gasteiger partial charge < -0.3 is 15.5 Å². The molecule has 3 nitrogen and oxygen atoms in total. The summed E-state index contributed by atoms with van der Waals surface area (Å²) in [4.78, 5) is 5.17. The predicted molar refractivity (Wildman–Crippen MR) is 68.5 cm³/mol. The number of likely N-dealkylation sites (N-methyl/N-ethyl adjacent to an activating group) is 1.